The molecule has 1 saturated heterocycles. The van der Waals surface area contributed by atoms with Crippen LogP contribution in [0.4, 0.5) is 4.79 Å². The zero-order valence-corrected chi connectivity index (χ0v) is 19.3. The topological polar surface area (TPSA) is 32.3 Å². The van der Waals surface area contributed by atoms with Crippen LogP contribution in [0, 0.1) is 0 Å². The van der Waals surface area contributed by atoms with Crippen LogP contribution >= 0.6 is 8.07 Å². The number of hydrogen-bond donors (Lipinski definition) is 1. The molecule has 0 aliphatic carbocycles. The summed E-state index contributed by atoms with van der Waals surface area (Å²) in [4.78, 5) is 16.1. The summed E-state index contributed by atoms with van der Waals surface area (Å²) in [5.41, 5.74) is 2.38. The van der Waals surface area contributed by atoms with Crippen molar-refractivity contribution in [1.29, 1.82) is 0 Å². The molecule has 1 aliphatic rings. The highest BCUT2D eigenvalue weighted by Gasteiger charge is 2.39. The Bertz CT molecular complexity index is 1080. The summed E-state index contributed by atoms with van der Waals surface area (Å²) in [6.07, 6.45) is 1.90. The van der Waals surface area contributed by atoms with Crippen LogP contribution in [0.25, 0.3) is 0 Å². The second kappa shape index (κ2) is 10.0. The van der Waals surface area contributed by atoms with Gasteiger partial charge in [0.15, 0.2) is 0 Å². The lowest BCUT2D eigenvalue weighted by Crippen LogP contribution is -2.41. The number of hydrogen-bond acceptors (Lipinski definition) is 1. The summed E-state index contributed by atoms with van der Waals surface area (Å²) < 4.78 is 0. The van der Waals surface area contributed by atoms with Crippen molar-refractivity contribution >= 4 is 24.7 Å². The van der Waals surface area contributed by atoms with Crippen molar-refractivity contribution in [2.24, 2.45) is 0 Å². The molecule has 0 saturated carbocycles. The van der Waals surface area contributed by atoms with E-state index in [-0.39, 0.29) is 18.1 Å². The number of amides is 2. The molecule has 1 aliphatic heterocycles. The Labute approximate surface area is 196 Å². The Hall–Kier alpha value is -3.42. The Kier molecular flexibility index (Phi) is 6.51. The summed E-state index contributed by atoms with van der Waals surface area (Å²) in [6.45, 7) is 0. The highest BCUT2D eigenvalue weighted by molar-refractivity contribution is 7.71. The van der Waals surface area contributed by atoms with Crippen LogP contribution in [0.2, 0.25) is 0 Å². The molecule has 4 heteroatoms. The fraction of sp³-hybridized carbons (Fsp3) is 0.138. The number of likely N-dealkylation sites (tertiary alicyclic amines) is 1. The van der Waals surface area contributed by atoms with Crippen LogP contribution in [0.3, 0.4) is 0 Å². The molecule has 2 atom stereocenters. The van der Waals surface area contributed by atoms with Crippen LogP contribution in [-0.4, -0.2) is 10.9 Å². The van der Waals surface area contributed by atoms with Gasteiger partial charge in [0, 0.05) is 10.6 Å². The first kappa shape index (κ1) is 21.4. The maximum absolute atomic E-state index is 14.0. The van der Waals surface area contributed by atoms with E-state index in [0.717, 1.165) is 23.5 Å². The molecule has 0 unspecified atom stereocenters. The number of urea groups is 1. The van der Waals surface area contributed by atoms with Crippen molar-refractivity contribution in [2.45, 2.75) is 24.9 Å². The molecule has 0 radical (unpaired) electrons. The van der Waals surface area contributed by atoms with Gasteiger partial charge >= 0.3 is 6.03 Å². The standard InChI is InChI=1S/C29H27N2OP/c32-29(30-33(25-17-9-3-10-18-25)26-19-11-4-12-20-26)31-27(23-13-5-1-6-14-23)21-22-28(31)24-15-7-2-8-16-24/h1-20,27-28H,21-22H2,(H,30,32)/t27-,28-/m0/s1. The first-order chi connectivity index (χ1) is 16.3. The largest absolute Gasteiger partial charge is 0.322 e. The molecule has 1 N–H and O–H groups in total. The van der Waals surface area contributed by atoms with E-state index in [4.69, 9.17) is 0 Å². The van der Waals surface area contributed by atoms with E-state index in [2.05, 4.69) is 82.8 Å². The number of benzene rings is 4. The van der Waals surface area contributed by atoms with Crippen LogP contribution in [0.15, 0.2) is 121 Å². The lowest BCUT2D eigenvalue weighted by atomic mass is 10.0. The average molecular weight is 451 g/mol. The molecule has 164 valence electrons. The summed E-state index contributed by atoms with van der Waals surface area (Å²) in [7, 11) is -1.02. The highest BCUT2D eigenvalue weighted by atomic mass is 31.1. The first-order valence-corrected chi connectivity index (χ1v) is 12.7. The minimum atomic E-state index is -1.02. The SMILES string of the molecule is O=C(NP(c1ccccc1)c1ccccc1)N1[C@H](c2ccccc2)CC[C@H]1c1ccccc1. The molecule has 3 nitrogen and oxygen atoms in total. The Morgan fingerprint density at radius 3 is 1.36 bits per heavy atom. The minimum Gasteiger partial charge on any atom is -0.311 e. The Balaban J connectivity index is 1.50. The van der Waals surface area contributed by atoms with Crippen LogP contribution in [0.5, 0.6) is 0 Å². The molecule has 5 rings (SSSR count). The van der Waals surface area contributed by atoms with Crippen molar-refractivity contribution in [3.63, 3.8) is 0 Å². The van der Waals surface area contributed by atoms with Gasteiger partial charge in [0.25, 0.3) is 0 Å². The third-order valence-electron chi connectivity index (χ3n) is 6.22. The zero-order valence-electron chi connectivity index (χ0n) is 18.4. The highest BCUT2D eigenvalue weighted by Crippen LogP contribution is 2.44. The number of rotatable bonds is 5. The maximum Gasteiger partial charge on any atom is 0.322 e. The van der Waals surface area contributed by atoms with Crippen molar-refractivity contribution in [3.8, 4) is 0 Å². The van der Waals surface area contributed by atoms with Crippen LogP contribution < -0.4 is 15.7 Å². The van der Waals surface area contributed by atoms with E-state index in [1.54, 1.807) is 0 Å². The van der Waals surface area contributed by atoms with Crippen molar-refractivity contribution in [2.75, 3.05) is 0 Å². The number of carbonyl (C=O) groups excluding carboxylic acids is 1. The monoisotopic (exact) mass is 450 g/mol. The van der Waals surface area contributed by atoms with Crippen LogP contribution in [0.1, 0.15) is 36.1 Å². The van der Waals surface area contributed by atoms with Gasteiger partial charge in [0.2, 0.25) is 0 Å². The molecule has 1 heterocycles. The molecule has 1 fully saturated rings. The molecule has 33 heavy (non-hydrogen) atoms. The summed E-state index contributed by atoms with van der Waals surface area (Å²) in [6, 6.07) is 41.5. The summed E-state index contributed by atoms with van der Waals surface area (Å²) in [5.74, 6) is 0. The van der Waals surface area contributed by atoms with E-state index >= 15 is 0 Å². The zero-order chi connectivity index (χ0) is 22.5. The van der Waals surface area contributed by atoms with Crippen molar-refractivity contribution < 1.29 is 4.79 Å². The molecule has 4 aromatic rings. The fourth-order valence-corrected chi connectivity index (χ4v) is 6.49. The second-order valence-corrected chi connectivity index (χ2v) is 10.2. The van der Waals surface area contributed by atoms with Gasteiger partial charge in [-0.3, -0.25) is 0 Å². The molecule has 0 bridgehead atoms. The predicted octanol–water partition coefficient (Wildman–Crippen LogP) is 6.32. The molecule has 4 aromatic carbocycles. The van der Waals surface area contributed by atoms with E-state index < -0.39 is 8.07 Å². The molecular formula is C29H27N2OP. The van der Waals surface area contributed by atoms with Gasteiger partial charge in [-0.1, -0.05) is 121 Å². The molecule has 0 aromatic heterocycles. The minimum absolute atomic E-state index is 0.00553. The number of nitrogens with zero attached hydrogens (tertiary/aromatic N) is 1. The van der Waals surface area contributed by atoms with Crippen molar-refractivity contribution in [1.82, 2.24) is 9.99 Å². The number of carbonyl (C=O) groups is 1. The fourth-order valence-electron chi connectivity index (χ4n) is 4.68. The van der Waals surface area contributed by atoms with Gasteiger partial charge in [0.05, 0.1) is 20.2 Å². The third kappa shape index (κ3) is 4.69. The van der Waals surface area contributed by atoms with E-state index in [1.165, 1.54) is 11.1 Å². The van der Waals surface area contributed by atoms with Gasteiger partial charge in [-0.25, -0.2) is 4.79 Å². The van der Waals surface area contributed by atoms with E-state index in [9.17, 15) is 4.79 Å². The second-order valence-electron chi connectivity index (χ2n) is 8.26. The molecular weight excluding hydrogens is 423 g/mol. The lowest BCUT2D eigenvalue weighted by molar-refractivity contribution is 0.179. The van der Waals surface area contributed by atoms with Gasteiger partial charge in [0.1, 0.15) is 0 Å². The number of nitrogens with one attached hydrogen (secondary N) is 1. The quantitative estimate of drug-likeness (QED) is 0.355. The molecule has 2 amide bonds. The molecule has 0 spiro atoms. The average Bonchev–Trinajstić information content (AvgIpc) is 3.35. The normalized spacial score (nSPS) is 17.8. The summed E-state index contributed by atoms with van der Waals surface area (Å²) >= 11 is 0. The van der Waals surface area contributed by atoms with Gasteiger partial charge in [-0.15, -0.1) is 0 Å². The maximum atomic E-state index is 14.0. The van der Waals surface area contributed by atoms with Crippen LogP contribution in [-0.2, 0) is 0 Å². The summed E-state index contributed by atoms with van der Waals surface area (Å²) in [5, 5.41) is 5.72. The first-order valence-electron chi connectivity index (χ1n) is 11.4. The van der Waals surface area contributed by atoms with Gasteiger partial charge < -0.3 is 9.99 Å². The third-order valence-corrected chi connectivity index (χ3v) is 8.27. The Morgan fingerprint density at radius 2 is 0.970 bits per heavy atom. The van der Waals surface area contributed by atoms with E-state index in [0.29, 0.717) is 0 Å². The van der Waals surface area contributed by atoms with E-state index in [1.807, 2.05) is 48.5 Å². The van der Waals surface area contributed by atoms with Crippen molar-refractivity contribution in [3.05, 3.63) is 132 Å². The predicted molar refractivity (Wildman–Crippen MR) is 137 cm³/mol. The van der Waals surface area contributed by atoms with Gasteiger partial charge in [-0.05, 0) is 24.0 Å². The Morgan fingerprint density at radius 1 is 0.606 bits per heavy atom. The van der Waals surface area contributed by atoms with Gasteiger partial charge in [-0.2, -0.15) is 0 Å². The smallest absolute Gasteiger partial charge is 0.311 e. The lowest BCUT2D eigenvalue weighted by Gasteiger charge is -2.33.